The normalized spacial score (nSPS) is 15.4. The number of aromatic nitrogens is 1. The van der Waals surface area contributed by atoms with E-state index in [1.807, 2.05) is 24.3 Å². The number of rotatable bonds is 2. The fraction of sp³-hybridized carbons (Fsp3) is 0.200. The van der Waals surface area contributed by atoms with Crippen molar-refractivity contribution in [2.45, 2.75) is 13.1 Å². The largest absolute Gasteiger partial charge is 0.293 e. The number of pyridine rings is 1. The molecule has 0 fully saturated rings. The van der Waals surface area contributed by atoms with Crippen LogP contribution in [-0.2, 0) is 13.1 Å². The fourth-order valence-electron chi connectivity index (χ4n) is 2.35. The Morgan fingerprint density at radius 3 is 2.78 bits per heavy atom. The zero-order valence-electron chi connectivity index (χ0n) is 10.0. The van der Waals surface area contributed by atoms with Gasteiger partial charge in [-0.25, -0.2) is 0 Å². The first kappa shape index (κ1) is 11.1. The lowest BCUT2D eigenvalue weighted by molar-refractivity contribution is 0.0894. The van der Waals surface area contributed by atoms with E-state index in [1.54, 1.807) is 12.4 Å². The molecule has 2 aromatic rings. The number of hydrogen-bond donors (Lipinski definition) is 0. The molecule has 0 amide bonds. The van der Waals surface area contributed by atoms with Gasteiger partial charge >= 0.3 is 0 Å². The van der Waals surface area contributed by atoms with Crippen LogP contribution < -0.4 is 0 Å². The molecular weight excluding hydrogens is 224 g/mol. The first-order valence-corrected chi connectivity index (χ1v) is 6.05. The Hall–Kier alpha value is -2.00. The van der Waals surface area contributed by atoms with E-state index >= 15 is 0 Å². The average Bonchev–Trinajstić information content (AvgIpc) is 2.40. The molecule has 2 heterocycles. The van der Waals surface area contributed by atoms with Gasteiger partial charge in [-0.15, -0.1) is 0 Å². The minimum Gasteiger partial charge on any atom is -0.293 e. The zero-order valence-corrected chi connectivity index (χ0v) is 10.0. The molecule has 90 valence electrons. The second-order valence-electron chi connectivity index (χ2n) is 4.59. The van der Waals surface area contributed by atoms with E-state index < -0.39 is 0 Å². The van der Waals surface area contributed by atoms with E-state index in [0.29, 0.717) is 6.54 Å². The molecule has 1 aromatic carbocycles. The molecule has 0 saturated heterocycles. The van der Waals surface area contributed by atoms with Crippen LogP contribution in [0, 0.1) is 0 Å². The monoisotopic (exact) mass is 238 g/mol. The molecule has 3 nitrogen and oxygen atoms in total. The first-order chi connectivity index (χ1) is 8.83. The van der Waals surface area contributed by atoms with Gasteiger partial charge in [0.15, 0.2) is 5.78 Å². The van der Waals surface area contributed by atoms with Crippen LogP contribution in [0.2, 0.25) is 0 Å². The molecule has 0 N–H and O–H groups in total. The zero-order chi connectivity index (χ0) is 12.4. The standard InChI is InChI=1S/C15H14N2O/c18-15-11-17(9-12-4-2-1-3-5-12)10-13-6-7-16-8-14(13)15/h1-8H,9-11H2. The Bertz CT molecular complexity index is 566. The van der Waals surface area contributed by atoms with Gasteiger partial charge < -0.3 is 0 Å². The van der Waals surface area contributed by atoms with E-state index in [0.717, 1.165) is 24.2 Å². The minimum absolute atomic E-state index is 0.167. The van der Waals surface area contributed by atoms with Gasteiger partial charge in [-0.3, -0.25) is 14.7 Å². The highest BCUT2D eigenvalue weighted by molar-refractivity contribution is 5.99. The molecule has 0 saturated carbocycles. The van der Waals surface area contributed by atoms with Crippen molar-refractivity contribution in [1.29, 1.82) is 0 Å². The Labute approximate surface area is 106 Å². The number of ketones is 1. The van der Waals surface area contributed by atoms with Crippen molar-refractivity contribution in [1.82, 2.24) is 9.88 Å². The molecule has 0 radical (unpaired) electrons. The maximum absolute atomic E-state index is 12.0. The van der Waals surface area contributed by atoms with Crippen LogP contribution in [0.5, 0.6) is 0 Å². The number of carbonyl (C=O) groups excluding carboxylic acids is 1. The van der Waals surface area contributed by atoms with Gasteiger partial charge in [0.25, 0.3) is 0 Å². The third kappa shape index (κ3) is 2.17. The molecule has 0 atom stereocenters. The predicted molar refractivity (Wildman–Crippen MR) is 69.1 cm³/mol. The van der Waals surface area contributed by atoms with Crippen molar-refractivity contribution in [2.75, 3.05) is 6.54 Å². The van der Waals surface area contributed by atoms with Crippen molar-refractivity contribution in [2.24, 2.45) is 0 Å². The Morgan fingerprint density at radius 2 is 1.94 bits per heavy atom. The highest BCUT2D eigenvalue weighted by Crippen LogP contribution is 2.19. The third-order valence-corrected chi connectivity index (χ3v) is 3.22. The van der Waals surface area contributed by atoms with Gasteiger partial charge in [-0.2, -0.15) is 0 Å². The Morgan fingerprint density at radius 1 is 1.11 bits per heavy atom. The number of Topliss-reactive ketones (excluding diaryl/α,β-unsaturated/α-hetero) is 1. The molecule has 0 bridgehead atoms. The maximum atomic E-state index is 12.0. The van der Waals surface area contributed by atoms with Crippen molar-refractivity contribution >= 4 is 5.78 Å². The topological polar surface area (TPSA) is 33.2 Å². The van der Waals surface area contributed by atoms with Crippen LogP contribution in [0.3, 0.4) is 0 Å². The number of benzene rings is 1. The van der Waals surface area contributed by atoms with Crippen LogP contribution in [0.1, 0.15) is 21.5 Å². The van der Waals surface area contributed by atoms with Crippen LogP contribution >= 0.6 is 0 Å². The predicted octanol–water partition coefficient (Wildman–Crippen LogP) is 2.28. The van der Waals surface area contributed by atoms with Gasteiger partial charge in [0.05, 0.1) is 6.54 Å². The van der Waals surface area contributed by atoms with E-state index in [4.69, 9.17) is 0 Å². The van der Waals surface area contributed by atoms with Gasteiger partial charge in [0.2, 0.25) is 0 Å². The molecule has 1 aliphatic rings. The summed E-state index contributed by atoms with van der Waals surface area (Å²) in [5.41, 5.74) is 3.10. The summed E-state index contributed by atoms with van der Waals surface area (Å²) in [5, 5.41) is 0. The van der Waals surface area contributed by atoms with Gasteiger partial charge in [0.1, 0.15) is 0 Å². The lowest BCUT2D eigenvalue weighted by Crippen LogP contribution is -2.34. The molecule has 1 aliphatic heterocycles. The summed E-state index contributed by atoms with van der Waals surface area (Å²) in [6.07, 6.45) is 3.43. The van der Waals surface area contributed by atoms with Crippen LogP contribution in [0.4, 0.5) is 0 Å². The minimum atomic E-state index is 0.167. The first-order valence-electron chi connectivity index (χ1n) is 6.05. The van der Waals surface area contributed by atoms with Crippen molar-refractivity contribution in [3.63, 3.8) is 0 Å². The van der Waals surface area contributed by atoms with Gasteiger partial charge in [0, 0.05) is 31.0 Å². The summed E-state index contributed by atoms with van der Waals surface area (Å²) in [7, 11) is 0. The van der Waals surface area contributed by atoms with E-state index in [2.05, 4.69) is 22.0 Å². The van der Waals surface area contributed by atoms with Crippen LogP contribution in [0.25, 0.3) is 0 Å². The van der Waals surface area contributed by atoms with E-state index in [9.17, 15) is 4.79 Å². The SMILES string of the molecule is O=C1CN(Cc2ccccc2)Cc2ccncc21. The molecule has 3 heteroatoms. The highest BCUT2D eigenvalue weighted by atomic mass is 16.1. The second kappa shape index (κ2) is 4.70. The summed E-state index contributed by atoms with van der Waals surface area (Å²) in [6, 6.07) is 12.2. The Balaban J connectivity index is 1.80. The Kier molecular flexibility index (Phi) is 2.90. The molecule has 1 aromatic heterocycles. The lowest BCUT2D eigenvalue weighted by Gasteiger charge is -2.27. The third-order valence-electron chi connectivity index (χ3n) is 3.22. The van der Waals surface area contributed by atoms with Crippen molar-refractivity contribution in [3.8, 4) is 0 Å². The highest BCUT2D eigenvalue weighted by Gasteiger charge is 2.22. The van der Waals surface area contributed by atoms with Gasteiger partial charge in [-0.1, -0.05) is 30.3 Å². The summed E-state index contributed by atoms with van der Waals surface area (Å²) < 4.78 is 0. The summed E-state index contributed by atoms with van der Waals surface area (Å²) >= 11 is 0. The number of nitrogens with zero attached hydrogens (tertiary/aromatic N) is 2. The second-order valence-corrected chi connectivity index (χ2v) is 4.59. The van der Waals surface area contributed by atoms with Crippen LogP contribution in [-0.4, -0.2) is 22.2 Å². The smallest absolute Gasteiger partial charge is 0.178 e. The van der Waals surface area contributed by atoms with Crippen molar-refractivity contribution in [3.05, 3.63) is 65.5 Å². The molecular formula is C15H14N2O. The lowest BCUT2D eigenvalue weighted by atomic mass is 10.0. The maximum Gasteiger partial charge on any atom is 0.178 e. The van der Waals surface area contributed by atoms with Crippen LogP contribution in [0.15, 0.2) is 48.8 Å². The average molecular weight is 238 g/mol. The van der Waals surface area contributed by atoms with E-state index in [1.165, 1.54) is 5.56 Å². The summed E-state index contributed by atoms with van der Waals surface area (Å²) in [5.74, 6) is 0.167. The van der Waals surface area contributed by atoms with E-state index in [-0.39, 0.29) is 5.78 Å². The fourth-order valence-corrected chi connectivity index (χ4v) is 2.35. The molecule has 3 rings (SSSR count). The number of carbonyl (C=O) groups is 1. The quantitative estimate of drug-likeness (QED) is 0.804. The molecule has 18 heavy (non-hydrogen) atoms. The molecule has 0 spiro atoms. The number of fused-ring (bicyclic) bond motifs is 1. The number of hydrogen-bond acceptors (Lipinski definition) is 3. The summed E-state index contributed by atoms with van der Waals surface area (Å²) in [4.78, 5) is 18.2. The molecule has 0 aliphatic carbocycles. The van der Waals surface area contributed by atoms with Gasteiger partial charge in [-0.05, 0) is 17.2 Å². The van der Waals surface area contributed by atoms with Crippen molar-refractivity contribution < 1.29 is 4.79 Å². The summed E-state index contributed by atoms with van der Waals surface area (Å²) in [6.45, 7) is 2.11. The molecule has 0 unspecified atom stereocenters.